The van der Waals surface area contributed by atoms with E-state index < -0.39 is 0 Å². The van der Waals surface area contributed by atoms with E-state index in [0.29, 0.717) is 4.83 Å². The van der Waals surface area contributed by atoms with Crippen molar-refractivity contribution in [3.8, 4) is 0 Å². The number of carbonyl (C=O) groups is 1. The number of hydrogen-bond donors (Lipinski definition) is 0. The van der Waals surface area contributed by atoms with Gasteiger partial charge in [-0.2, -0.15) is 0 Å². The molecule has 0 bridgehead atoms. The smallest absolute Gasteiger partial charge is 0.214 e. The Morgan fingerprint density at radius 2 is 1.80 bits per heavy atom. The molecule has 5 heteroatoms. The molecule has 0 N–H and O–H groups in total. The monoisotopic (exact) mass is 471 g/mol. The Bertz CT molecular complexity index is 325. The van der Waals surface area contributed by atoms with E-state index in [1.807, 2.05) is 6.08 Å². The maximum atomic E-state index is 11.2. The standard InChI is InChI=1S/C15H24Br3NO/c1-3-5-7-8-13(16)9-10-14(15(17)18)19(12-20)11-6-4-2/h9-10,12-13H,3-8,11H2,1-2H3/b10-9+. The summed E-state index contributed by atoms with van der Waals surface area (Å²) in [5.74, 6) is 0. The van der Waals surface area contributed by atoms with Crippen LogP contribution in [-0.2, 0) is 4.79 Å². The third kappa shape index (κ3) is 9.35. The van der Waals surface area contributed by atoms with Gasteiger partial charge in [0.25, 0.3) is 0 Å². The molecule has 1 amide bonds. The van der Waals surface area contributed by atoms with E-state index in [-0.39, 0.29) is 0 Å². The molecule has 0 aliphatic carbocycles. The van der Waals surface area contributed by atoms with Gasteiger partial charge in [0.05, 0.1) is 9.09 Å². The van der Waals surface area contributed by atoms with Gasteiger partial charge < -0.3 is 4.90 Å². The number of unbranched alkanes of at least 4 members (excludes halogenated alkanes) is 3. The van der Waals surface area contributed by atoms with Gasteiger partial charge in [0.2, 0.25) is 6.41 Å². The van der Waals surface area contributed by atoms with Gasteiger partial charge in [-0.3, -0.25) is 4.79 Å². The molecule has 0 radical (unpaired) electrons. The van der Waals surface area contributed by atoms with E-state index >= 15 is 0 Å². The molecule has 0 aromatic heterocycles. The first kappa shape index (κ1) is 20.4. The van der Waals surface area contributed by atoms with Gasteiger partial charge in [-0.15, -0.1) is 0 Å². The van der Waals surface area contributed by atoms with Crippen LogP contribution in [-0.4, -0.2) is 22.7 Å². The molecule has 0 heterocycles. The van der Waals surface area contributed by atoms with Gasteiger partial charge in [-0.25, -0.2) is 0 Å². The number of halogens is 3. The first-order chi connectivity index (χ1) is 9.56. The molecule has 0 saturated heterocycles. The predicted molar refractivity (Wildman–Crippen MR) is 98.6 cm³/mol. The molecule has 116 valence electrons. The second kappa shape index (κ2) is 13.1. The van der Waals surface area contributed by atoms with E-state index in [1.165, 1.54) is 19.3 Å². The minimum Gasteiger partial charge on any atom is -0.313 e. The first-order valence-electron chi connectivity index (χ1n) is 7.16. The first-order valence-corrected chi connectivity index (χ1v) is 9.66. The molecule has 0 rings (SSSR count). The third-order valence-corrected chi connectivity index (χ3v) is 4.50. The number of amides is 1. The van der Waals surface area contributed by atoms with Gasteiger partial charge in [0.15, 0.2) is 0 Å². The second-order valence-corrected chi connectivity index (χ2v) is 8.50. The zero-order valence-corrected chi connectivity index (χ0v) is 17.0. The minimum atomic E-state index is 0.350. The molecule has 0 aromatic carbocycles. The van der Waals surface area contributed by atoms with Crippen LogP contribution < -0.4 is 0 Å². The summed E-state index contributed by atoms with van der Waals surface area (Å²) in [6, 6.07) is 0. The van der Waals surface area contributed by atoms with Crippen LogP contribution in [0.3, 0.4) is 0 Å². The van der Waals surface area contributed by atoms with E-state index in [2.05, 4.69) is 67.7 Å². The molecular weight excluding hydrogens is 450 g/mol. The average molecular weight is 474 g/mol. The fourth-order valence-electron chi connectivity index (χ4n) is 1.71. The summed E-state index contributed by atoms with van der Waals surface area (Å²) in [6.07, 6.45) is 11.9. The van der Waals surface area contributed by atoms with Crippen molar-refractivity contribution in [1.82, 2.24) is 4.90 Å². The molecule has 2 nitrogen and oxygen atoms in total. The van der Waals surface area contributed by atoms with Gasteiger partial charge in [0.1, 0.15) is 0 Å². The van der Waals surface area contributed by atoms with Crippen molar-refractivity contribution in [2.45, 2.75) is 57.2 Å². The lowest BCUT2D eigenvalue weighted by atomic mass is 10.1. The Labute approximate surface area is 148 Å². The Morgan fingerprint density at radius 1 is 1.15 bits per heavy atom. The highest BCUT2D eigenvalue weighted by atomic mass is 79.9. The lowest BCUT2D eigenvalue weighted by Gasteiger charge is -2.19. The van der Waals surface area contributed by atoms with Crippen molar-refractivity contribution in [3.05, 3.63) is 21.2 Å². The minimum absolute atomic E-state index is 0.350. The Balaban J connectivity index is 4.61. The Morgan fingerprint density at radius 3 is 2.30 bits per heavy atom. The highest BCUT2D eigenvalue weighted by Crippen LogP contribution is 2.24. The molecular formula is C15H24Br3NO. The van der Waals surface area contributed by atoms with Crippen LogP contribution in [0.4, 0.5) is 0 Å². The topological polar surface area (TPSA) is 20.3 Å². The van der Waals surface area contributed by atoms with E-state index in [4.69, 9.17) is 0 Å². The number of nitrogens with zero attached hydrogens (tertiary/aromatic N) is 1. The largest absolute Gasteiger partial charge is 0.313 e. The van der Waals surface area contributed by atoms with Crippen LogP contribution in [0, 0.1) is 0 Å². The second-order valence-electron chi connectivity index (χ2n) is 4.67. The quantitative estimate of drug-likeness (QED) is 0.153. The third-order valence-electron chi connectivity index (χ3n) is 2.93. The SMILES string of the molecule is CCCCCC(Br)/C=C/C(=C(Br)Br)N(C=O)CCCC. The highest BCUT2D eigenvalue weighted by Gasteiger charge is 2.09. The van der Waals surface area contributed by atoms with E-state index in [9.17, 15) is 4.79 Å². The molecule has 0 fully saturated rings. The van der Waals surface area contributed by atoms with Gasteiger partial charge >= 0.3 is 0 Å². The van der Waals surface area contributed by atoms with Crippen molar-refractivity contribution in [1.29, 1.82) is 0 Å². The van der Waals surface area contributed by atoms with Gasteiger partial charge in [-0.05, 0) is 50.8 Å². The molecule has 1 atom stereocenters. The number of carbonyl (C=O) groups excluding carboxylic acids is 1. The number of rotatable bonds is 11. The molecule has 0 spiro atoms. The van der Waals surface area contributed by atoms with E-state index in [1.54, 1.807) is 4.90 Å². The van der Waals surface area contributed by atoms with Crippen LogP contribution in [0.2, 0.25) is 0 Å². The Kier molecular flexibility index (Phi) is 13.3. The average Bonchev–Trinajstić information content (AvgIpc) is 2.42. The van der Waals surface area contributed by atoms with Crippen LogP contribution >= 0.6 is 47.8 Å². The van der Waals surface area contributed by atoms with Crippen LogP contribution in [0.15, 0.2) is 21.2 Å². The van der Waals surface area contributed by atoms with Crippen molar-refractivity contribution < 1.29 is 4.79 Å². The summed E-state index contributed by atoms with van der Waals surface area (Å²) < 4.78 is 0.803. The van der Waals surface area contributed by atoms with Crippen molar-refractivity contribution >= 4 is 54.2 Å². The summed E-state index contributed by atoms with van der Waals surface area (Å²) in [4.78, 5) is 13.3. The highest BCUT2D eigenvalue weighted by molar-refractivity contribution is 9.28. The van der Waals surface area contributed by atoms with Crippen molar-refractivity contribution in [3.63, 3.8) is 0 Å². The van der Waals surface area contributed by atoms with Crippen LogP contribution in [0.5, 0.6) is 0 Å². The van der Waals surface area contributed by atoms with E-state index in [0.717, 1.165) is 41.3 Å². The zero-order valence-electron chi connectivity index (χ0n) is 12.2. The van der Waals surface area contributed by atoms with Gasteiger partial charge in [0, 0.05) is 11.4 Å². The number of hydrogen-bond acceptors (Lipinski definition) is 1. The molecule has 20 heavy (non-hydrogen) atoms. The summed E-state index contributed by atoms with van der Waals surface area (Å²) in [6.45, 7) is 5.06. The molecule has 0 aliphatic rings. The zero-order chi connectivity index (χ0) is 15.4. The predicted octanol–water partition coefficient (Wildman–Crippen LogP) is 6.10. The van der Waals surface area contributed by atoms with Gasteiger partial charge in [-0.1, -0.05) is 61.5 Å². The normalized spacial score (nSPS) is 12.4. The summed E-state index contributed by atoms with van der Waals surface area (Å²) >= 11 is 10.5. The maximum absolute atomic E-state index is 11.2. The molecule has 0 saturated carbocycles. The fourth-order valence-corrected chi connectivity index (χ4v) is 2.90. The summed E-state index contributed by atoms with van der Waals surface area (Å²) in [5.41, 5.74) is 0.869. The number of allylic oxidation sites excluding steroid dienone is 2. The molecule has 1 unspecified atom stereocenters. The lowest BCUT2D eigenvalue weighted by molar-refractivity contribution is -0.116. The Hall–Kier alpha value is 0.390. The summed E-state index contributed by atoms with van der Waals surface area (Å²) in [5, 5.41) is 0. The van der Waals surface area contributed by atoms with Crippen LogP contribution in [0.25, 0.3) is 0 Å². The molecule has 0 aromatic rings. The van der Waals surface area contributed by atoms with Crippen LogP contribution in [0.1, 0.15) is 52.4 Å². The van der Waals surface area contributed by atoms with Crippen molar-refractivity contribution in [2.75, 3.05) is 6.54 Å². The number of alkyl halides is 1. The van der Waals surface area contributed by atoms with Crippen molar-refractivity contribution in [2.24, 2.45) is 0 Å². The summed E-state index contributed by atoms with van der Waals surface area (Å²) in [7, 11) is 0. The lowest BCUT2D eigenvalue weighted by Crippen LogP contribution is -2.22. The maximum Gasteiger partial charge on any atom is 0.214 e. The molecule has 0 aliphatic heterocycles. The fraction of sp³-hybridized carbons (Fsp3) is 0.667.